The third kappa shape index (κ3) is 4.24. The van der Waals surface area contributed by atoms with Crippen molar-refractivity contribution in [2.45, 2.75) is 37.2 Å². The Hall–Kier alpha value is -1.96. The summed E-state index contributed by atoms with van der Waals surface area (Å²) in [5, 5.41) is 9.97. The number of aliphatic carboxylic acids is 1. The molecule has 2 aliphatic heterocycles. The van der Waals surface area contributed by atoms with Crippen LogP contribution in [-0.2, 0) is 11.3 Å². The fourth-order valence-electron chi connectivity index (χ4n) is 4.30. The van der Waals surface area contributed by atoms with E-state index in [0.29, 0.717) is 0 Å². The van der Waals surface area contributed by atoms with Crippen LogP contribution in [-0.4, -0.2) is 69.3 Å². The number of hydrogen-bond acceptors (Lipinski definition) is 5. The van der Waals surface area contributed by atoms with E-state index in [1.54, 1.807) is 11.8 Å². The van der Waals surface area contributed by atoms with Crippen molar-refractivity contribution in [2.24, 2.45) is 4.99 Å². The smallest absolute Gasteiger partial charge is 0.305 e. The predicted octanol–water partition coefficient (Wildman–Crippen LogP) is 4.17. The number of carboxylic acids is 1. The molecule has 1 saturated heterocycles. The number of piperazine rings is 1. The van der Waals surface area contributed by atoms with Crippen molar-refractivity contribution in [1.29, 1.82) is 0 Å². The van der Waals surface area contributed by atoms with E-state index in [1.807, 2.05) is 32.0 Å². The maximum Gasteiger partial charge on any atom is 0.305 e. The van der Waals surface area contributed by atoms with Crippen LogP contribution in [0.15, 0.2) is 40.4 Å². The predicted molar refractivity (Wildman–Crippen MR) is 122 cm³/mol. The molecule has 0 spiro atoms. The second kappa shape index (κ2) is 8.29. The molecule has 1 aromatic carbocycles. The van der Waals surface area contributed by atoms with E-state index >= 15 is 0 Å². The lowest BCUT2D eigenvalue weighted by atomic mass is 9.97. The minimum absolute atomic E-state index is 0.141. The molecule has 0 aliphatic carbocycles. The molecule has 0 bridgehead atoms. The maximum atomic E-state index is 11.2. The molecule has 8 heteroatoms. The number of amidine groups is 1. The maximum absolute atomic E-state index is 11.2. The first-order chi connectivity index (χ1) is 14.3. The monoisotopic (exact) mass is 446 g/mol. The van der Waals surface area contributed by atoms with Crippen molar-refractivity contribution in [2.75, 3.05) is 32.4 Å². The fraction of sp³-hybridized carbons (Fsp3) is 0.455. The Morgan fingerprint density at radius 2 is 1.97 bits per heavy atom. The molecule has 0 radical (unpaired) electrons. The van der Waals surface area contributed by atoms with E-state index in [1.165, 1.54) is 4.90 Å². The average Bonchev–Trinajstić information content (AvgIpc) is 3.03. The molecule has 2 aromatic rings. The molecule has 1 N–H and O–H groups in total. The van der Waals surface area contributed by atoms with Gasteiger partial charge in [0.2, 0.25) is 0 Å². The summed E-state index contributed by atoms with van der Waals surface area (Å²) in [6.45, 7) is 8.00. The summed E-state index contributed by atoms with van der Waals surface area (Å²) in [4.78, 5) is 22.1. The number of benzene rings is 1. The lowest BCUT2D eigenvalue weighted by Crippen LogP contribution is -2.56. The van der Waals surface area contributed by atoms with Crippen molar-refractivity contribution in [3.63, 3.8) is 0 Å². The third-order valence-electron chi connectivity index (χ3n) is 5.96. The summed E-state index contributed by atoms with van der Waals surface area (Å²) in [5.41, 5.74) is 2.82. The second-order valence-corrected chi connectivity index (χ2v) is 9.77. The van der Waals surface area contributed by atoms with Gasteiger partial charge in [-0.2, -0.15) is 0 Å². The molecule has 0 amide bonds. The van der Waals surface area contributed by atoms with E-state index in [9.17, 15) is 9.90 Å². The summed E-state index contributed by atoms with van der Waals surface area (Å²) >= 11 is 7.98. The first kappa shape index (κ1) is 21.3. The fourth-order valence-corrected chi connectivity index (χ4v) is 4.95. The zero-order valence-electron chi connectivity index (χ0n) is 17.6. The van der Waals surface area contributed by atoms with Gasteiger partial charge in [0.05, 0.1) is 17.8 Å². The van der Waals surface area contributed by atoms with Gasteiger partial charge in [0.15, 0.2) is 5.84 Å². The third-order valence-corrected chi connectivity index (χ3v) is 6.89. The van der Waals surface area contributed by atoms with Crippen LogP contribution in [0.2, 0.25) is 5.02 Å². The van der Waals surface area contributed by atoms with Crippen molar-refractivity contribution in [3.05, 3.63) is 46.7 Å². The Morgan fingerprint density at radius 3 is 2.63 bits per heavy atom. The summed E-state index contributed by atoms with van der Waals surface area (Å²) < 4.78 is 2.26. The highest BCUT2D eigenvalue weighted by molar-refractivity contribution is 7.98. The van der Waals surface area contributed by atoms with Gasteiger partial charge in [0.25, 0.3) is 0 Å². The average molecular weight is 447 g/mol. The van der Waals surface area contributed by atoms with Crippen LogP contribution in [0.1, 0.15) is 31.5 Å². The van der Waals surface area contributed by atoms with Gasteiger partial charge in [-0.15, -0.1) is 11.8 Å². The van der Waals surface area contributed by atoms with E-state index in [-0.39, 0.29) is 12.0 Å². The quantitative estimate of drug-likeness (QED) is 0.714. The lowest BCUT2D eigenvalue weighted by Gasteiger charge is -2.44. The standard InChI is InChI=1S/C22H27ClN4O2S/c1-22(2,12-20(28)29)27-8-6-25(7-9-27)21-19-11-17(30-3)14-26(19)13-15-10-16(23)4-5-18(15)24-21/h4-5,10-11,14H,6-9,12-13H2,1-3H3,(H,28,29). The Balaban J connectivity index is 1.63. The number of nitrogens with zero attached hydrogens (tertiary/aromatic N) is 4. The van der Waals surface area contributed by atoms with Gasteiger partial charge < -0.3 is 14.6 Å². The molecule has 0 unspecified atom stereocenters. The molecule has 0 saturated carbocycles. The Labute approximate surface area is 186 Å². The molecule has 1 aromatic heterocycles. The molecule has 30 heavy (non-hydrogen) atoms. The van der Waals surface area contributed by atoms with Gasteiger partial charge in [-0.25, -0.2) is 4.99 Å². The van der Waals surface area contributed by atoms with Crippen molar-refractivity contribution >= 4 is 40.9 Å². The van der Waals surface area contributed by atoms with Crippen LogP contribution < -0.4 is 0 Å². The molecule has 3 heterocycles. The number of carbonyl (C=O) groups is 1. The molecular formula is C22H27ClN4O2S. The van der Waals surface area contributed by atoms with Crippen LogP contribution >= 0.6 is 23.4 Å². The van der Waals surface area contributed by atoms with Crippen LogP contribution in [0, 0.1) is 0 Å². The molecule has 160 valence electrons. The van der Waals surface area contributed by atoms with E-state index in [0.717, 1.165) is 60.5 Å². The van der Waals surface area contributed by atoms with Gasteiger partial charge in [-0.05, 0) is 49.9 Å². The Bertz CT molecular complexity index is 993. The Kier molecular flexibility index (Phi) is 5.88. The van der Waals surface area contributed by atoms with Gasteiger partial charge in [0, 0.05) is 54.4 Å². The van der Waals surface area contributed by atoms with Gasteiger partial charge in [-0.1, -0.05) is 11.6 Å². The molecular weight excluding hydrogens is 420 g/mol. The minimum atomic E-state index is -0.756. The van der Waals surface area contributed by atoms with Gasteiger partial charge in [-0.3, -0.25) is 9.69 Å². The zero-order valence-corrected chi connectivity index (χ0v) is 19.1. The lowest BCUT2D eigenvalue weighted by molar-refractivity contribution is -0.140. The summed E-state index contributed by atoms with van der Waals surface area (Å²) in [5.74, 6) is 0.223. The largest absolute Gasteiger partial charge is 0.481 e. The highest BCUT2D eigenvalue weighted by Gasteiger charge is 2.33. The number of rotatable bonds is 4. The number of carboxylic acid groups (broad SMARTS) is 1. The number of hydrogen-bond donors (Lipinski definition) is 1. The number of halogens is 1. The summed E-state index contributed by atoms with van der Waals surface area (Å²) in [6, 6.07) is 8.09. The number of aliphatic imine (C=N–C) groups is 1. The van der Waals surface area contributed by atoms with Gasteiger partial charge >= 0.3 is 5.97 Å². The van der Waals surface area contributed by atoms with Crippen LogP contribution in [0.4, 0.5) is 5.69 Å². The molecule has 0 atom stereocenters. The van der Waals surface area contributed by atoms with Gasteiger partial charge in [0.1, 0.15) is 0 Å². The first-order valence-corrected chi connectivity index (χ1v) is 11.7. The number of thioether (sulfide) groups is 1. The summed E-state index contributed by atoms with van der Waals surface area (Å²) in [6.07, 6.45) is 4.40. The summed E-state index contributed by atoms with van der Waals surface area (Å²) in [7, 11) is 0. The van der Waals surface area contributed by atoms with E-state index in [4.69, 9.17) is 16.6 Å². The topological polar surface area (TPSA) is 61.1 Å². The van der Waals surface area contributed by atoms with Crippen molar-refractivity contribution in [1.82, 2.24) is 14.4 Å². The Morgan fingerprint density at radius 1 is 1.23 bits per heavy atom. The molecule has 4 rings (SSSR count). The first-order valence-electron chi connectivity index (χ1n) is 10.1. The van der Waals surface area contributed by atoms with Crippen molar-refractivity contribution < 1.29 is 9.90 Å². The molecule has 1 fully saturated rings. The number of aromatic nitrogens is 1. The highest BCUT2D eigenvalue weighted by Crippen LogP contribution is 2.32. The molecule has 6 nitrogen and oxygen atoms in total. The number of fused-ring (bicyclic) bond motifs is 2. The minimum Gasteiger partial charge on any atom is -0.481 e. The zero-order chi connectivity index (χ0) is 21.5. The van der Waals surface area contributed by atoms with Crippen LogP contribution in [0.3, 0.4) is 0 Å². The van der Waals surface area contributed by atoms with Crippen LogP contribution in [0.5, 0.6) is 0 Å². The van der Waals surface area contributed by atoms with Crippen LogP contribution in [0.25, 0.3) is 0 Å². The van der Waals surface area contributed by atoms with Crippen molar-refractivity contribution in [3.8, 4) is 0 Å². The highest BCUT2D eigenvalue weighted by atomic mass is 35.5. The SMILES string of the molecule is CSc1cc2n(c1)Cc1cc(Cl)ccc1N=C2N1CCN(C(C)(C)CC(=O)O)CC1. The normalized spacial score (nSPS) is 17.2. The molecule has 2 aliphatic rings. The van der Waals surface area contributed by atoms with E-state index < -0.39 is 5.97 Å². The van der Waals surface area contributed by atoms with E-state index in [2.05, 4.69) is 32.9 Å². The second-order valence-electron chi connectivity index (χ2n) is 8.46.